The van der Waals surface area contributed by atoms with Crippen molar-refractivity contribution in [3.8, 4) is 0 Å². The van der Waals surface area contributed by atoms with Crippen LogP contribution in [0, 0.1) is 5.41 Å². The lowest BCUT2D eigenvalue weighted by Crippen LogP contribution is -2.43. The summed E-state index contributed by atoms with van der Waals surface area (Å²) >= 11 is 5.76. The predicted octanol–water partition coefficient (Wildman–Crippen LogP) is 1.61. The Morgan fingerprint density at radius 1 is 1.24 bits per heavy atom. The standard InChI is InChI=1S/C14H19ClN2O4/c1-14(9-18,6-12(19)20)8-17-13(21)16-7-10-2-4-11(15)5-3-10/h2-5,18H,6-9H2,1H3,(H,19,20)(H2,16,17,21). The first-order valence-electron chi connectivity index (χ1n) is 6.43. The number of carbonyl (C=O) groups is 2. The van der Waals surface area contributed by atoms with E-state index in [1.165, 1.54) is 0 Å². The molecule has 1 unspecified atom stereocenters. The fourth-order valence-electron chi connectivity index (χ4n) is 1.68. The van der Waals surface area contributed by atoms with Gasteiger partial charge in [-0.05, 0) is 17.7 Å². The van der Waals surface area contributed by atoms with E-state index >= 15 is 0 Å². The summed E-state index contributed by atoms with van der Waals surface area (Å²) < 4.78 is 0. The van der Waals surface area contributed by atoms with Gasteiger partial charge < -0.3 is 20.8 Å². The van der Waals surface area contributed by atoms with Gasteiger partial charge in [-0.15, -0.1) is 0 Å². The van der Waals surface area contributed by atoms with Gasteiger partial charge >= 0.3 is 12.0 Å². The van der Waals surface area contributed by atoms with Gasteiger partial charge in [0, 0.05) is 23.5 Å². The molecule has 0 aromatic heterocycles. The van der Waals surface area contributed by atoms with Crippen molar-refractivity contribution in [3.05, 3.63) is 34.9 Å². The molecule has 0 aliphatic heterocycles. The first kappa shape index (κ1) is 17.3. The van der Waals surface area contributed by atoms with E-state index in [1.54, 1.807) is 31.2 Å². The molecule has 1 atom stereocenters. The third-order valence-electron chi connectivity index (χ3n) is 3.00. The predicted molar refractivity (Wildman–Crippen MR) is 79.1 cm³/mol. The van der Waals surface area contributed by atoms with Crippen molar-refractivity contribution < 1.29 is 19.8 Å². The molecular weight excluding hydrogens is 296 g/mol. The van der Waals surface area contributed by atoms with Gasteiger partial charge in [-0.2, -0.15) is 0 Å². The van der Waals surface area contributed by atoms with Gasteiger partial charge in [0.1, 0.15) is 0 Å². The first-order chi connectivity index (χ1) is 9.84. The molecule has 0 fully saturated rings. The highest BCUT2D eigenvalue weighted by molar-refractivity contribution is 6.30. The highest BCUT2D eigenvalue weighted by Gasteiger charge is 2.27. The fourth-order valence-corrected chi connectivity index (χ4v) is 1.81. The summed E-state index contributed by atoms with van der Waals surface area (Å²) in [6, 6.07) is 6.63. The lowest BCUT2D eigenvalue weighted by molar-refractivity contribution is -0.140. The Kier molecular flexibility index (Phi) is 6.45. The summed E-state index contributed by atoms with van der Waals surface area (Å²) in [6.07, 6.45) is -0.221. The van der Waals surface area contributed by atoms with Crippen molar-refractivity contribution in [1.82, 2.24) is 10.6 Å². The summed E-state index contributed by atoms with van der Waals surface area (Å²) in [4.78, 5) is 22.4. The number of hydrogen-bond acceptors (Lipinski definition) is 3. The largest absolute Gasteiger partial charge is 0.481 e. The van der Waals surface area contributed by atoms with E-state index in [4.69, 9.17) is 16.7 Å². The molecule has 7 heteroatoms. The summed E-state index contributed by atoms with van der Waals surface area (Å²) in [5, 5.41) is 23.8. The van der Waals surface area contributed by atoms with Crippen LogP contribution in [0.5, 0.6) is 0 Å². The molecule has 116 valence electrons. The monoisotopic (exact) mass is 314 g/mol. The smallest absolute Gasteiger partial charge is 0.315 e. The Labute approximate surface area is 128 Å². The van der Waals surface area contributed by atoms with E-state index in [0.717, 1.165) is 5.56 Å². The number of halogens is 1. The molecule has 0 heterocycles. The number of rotatable bonds is 7. The van der Waals surface area contributed by atoms with E-state index in [0.29, 0.717) is 11.6 Å². The maximum Gasteiger partial charge on any atom is 0.315 e. The quantitative estimate of drug-likeness (QED) is 0.614. The van der Waals surface area contributed by atoms with Gasteiger partial charge in [0.15, 0.2) is 0 Å². The van der Waals surface area contributed by atoms with Gasteiger partial charge in [-0.25, -0.2) is 4.79 Å². The summed E-state index contributed by atoms with van der Waals surface area (Å²) in [5.74, 6) is -1.02. The zero-order valence-electron chi connectivity index (χ0n) is 11.7. The second-order valence-electron chi connectivity index (χ2n) is 5.20. The van der Waals surface area contributed by atoms with Crippen LogP contribution in [0.4, 0.5) is 4.79 Å². The molecule has 1 aromatic carbocycles. The molecule has 2 amide bonds. The Hall–Kier alpha value is -1.79. The normalized spacial score (nSPS) is 13.3. The Bertz CT molecular complexity index is 492. The summed E-state index contributed by atoms with van der Waals surface area (Å²) in [7, 11) is 0. The number of nitrogens with one attached hydrogen (secondary N) is 2. The van der Waals surface area contributed by atoms with Crippen molar-refractivity contribution in [2.24, 2.45) is 5.41 Å². The van der Waals surface area contributed by atoms with Gasteiger partial charge in [0.05, 0.1) is 13.0 Å². The van der Waals surface area contributed by atoms with Gasteiger partial charge in [0.2, 0.25) is 0 Å². The minimum absolute atomic E-state index is 0.0717. The van der Waals surface area contributed by atoms with Crippen molar-refractivity contribution in [2.45, 2.75) is 19.9 Å². The van der Waals surface area contributed by atoms with Crippen molar-refractivity contribution >= 4 is 23.6 Å². The minimum Gasteiger partial charge on any atom is -0.481 e. The second kappa shape index (κ2) is 7.85. The molecule has 21 heavy (non-hydrogen) atoms. The van der Waals surface area contributed by atoms with Crippen LogP contribution >= 0.6 is 11.6 Å². The maximum atomic E-state index is 11.7. The molecule has 0 saturated heterocycles. The van der Waals surface area contributed by atoms with Gasteiger partial charge in [0.25, 0.3) is 0 Å². The zero-order chi connectivity index (χ0) is 15.9. The van der Waals surface area contributed by atoms with Crippen LogP contribution in [0.15, 0.2) is 24.3 Å². The van der Waals surface area contributed by atoms with E-state index < -0.39 is 17.4 Å². The molecule has 0 radical (unpaired) electrons. The third kappa shape index (κ3) is 6.46. The van der Waals surface area contributed by atoms with Crippen LogP contribution in [0.1, 0.15) is 18.9 Å². The molecule has 4 N–H and O–H groups in total. The first-order valence-corrected chi connectivity index (χ1v) is 6.81. The van der Waals surface area contributed by atoms with E-state index in [2.05, 4.69) is 10.6 Å². The van der Waals surface area contributed by atoms with Crippen LogP contribution in [0.3, 0.4) is 0 Å². The average Bonchev–Trinajstić information content (AvgIpc) is 2.44. The molecule has 1 aromatic rings. The molecule has 0 aliphatic carbocycles. The lowest BCUT2D eigenvalue weighted by Gasteiger charge is -2.25. The number of aliphatic hydroxyl groups excluding tert-OH is 1. The number of benzene rings is 1. The third-order valence-corrected chi connectivity index (χ3v) is 3.25. The summed E-state index contributed by atoms with van der Waals surface area (Å²) in [5.41, 5.74) is 0.00805. The number of hydrogen-bond donors (Lipinski definition) is 4. The molecular formula is C14H19ClN2O4. The van der Waals surface area contributed by atoms with Crippen molar-refractivity contribution in [2.75, 3.05) is 13.2 Å². The second-order valence-corrected chi connectivity index (χ2v) is 5.64. The molecule has 0 bridgehead atoms. The van der Waals surface area contributed by atoms with Crippen LogP contribution < -0.4 is 10.6 Å². The minimum atomic E-state index is -1.02. The Morgan fingerprint density at radius 2 is 1.86 bits per heavy atom. The van der Waals surface area contributed by atoms with E-state index in [-0.39, 0.29) is 19.6 Å². The lowest BCUT2D eigenvalue weighted by atomic mass is 9.88. The SMILES string of the molecule is CC(CO)(CNC(=O)NCc1ccc(Cl)cc1)CC(=O)O. The summed E-state index contributed by atoms with van der Waals surface area (Å²) in [6.45, 7) is 1.68. The number of amides is 2. The van der Waals surface area contributed by atoms with Crippen molar-refractivity contribution in [1.29, 1.82) is 0 Å². The van der Waals surface area contributed by atoms with Crippen LogP contribution in [0.25, 0.3) is 0 Å². The number of carboxylic acids is 1. The number of carbonyl (C=O) groups excluding carboxylic acids is 1. The van der Waals surface area contributed by atoms with Crippen LogP contribution in [-0.2, 0) is 11.3 Å². The van der Waals surface area contributed by atoms with Gasteiger partial charge in [-0.3, -0.25) is 4.79 Å². The van der Waals surface area contributed by atoms with E-state index in [1.807, 2.05) is 0 Å². The highest BCUT2D eigenvalue weighted by Crippen LogP contribution is 2.19. The van der Waals surface area contributed by atoms with Crippen LogP contribution in [-0.4, -0.2) is 35.4 Å². The molecule has 0 aliphatic rings. The van der Waals surface area contributed by atoms with Crippen molar-refractivity contribution in [3.63, 3.8) is 0 Å². The Balaban J connectivity index is 2.39. The molecule has 6 nitrogen and oxygen atoms in total. The number of aliphatic hydroxyl groups is 1. The zero-order valence-corrected chi connectivity index (χ0v) is 12.5. The van der Waals surface area contributed by atoms with Crippen LogP contribution in [0.2, 0.25) is 5.02 Å². The fraction of sp³-hybridized carbons (Fsp3) is 0.429. The number of aliphatic carboxylic acids is 1. The topological polar surface area (TPSA) is 98.7 Å². The number of urea groups is 1. The van der Waals surface area contributed by atoms with Gasteiger partial charge in [-0.1, -0.05) is 30.7 Å². The molecule has 0 saturated carbocycles. The molecule has 0 spiro atoms. The number of carboxylic acid groups (broad SMARTS) is 1. The Morgan fingerprint density at radius 3 is 2.38 bits per heavy atom. The van der Waals surface area contributed by atoms with E-state index in [9.17, 15) is 14.7 Å². The average molecular weight is 315 g/mol. The highest BCUT2D eigenvalue weighted by atomic mass is 35.5. The molecule has 1 rings (SSSR count). The maximum absolute atomic E-state index is 11.7.